The van der Waals surface area contributed by atoms with Gasteiger partial charge in [-0.3, -0.25) is 9.36 Å². The second kappa shape index (κ2) is 7.50. The SMILES string of the molecule is CCCc1nc2scc(-c3ccc(C)c(C)c3)c2c(=O)n1CCOC. The normalized spacial score (nSPS) is 11.4. The largest absolute Gasteiger partial charge is 0.383 e. The summed E-state index contributed by atoms with van der Waals surface area (Å²) in [7, 11) is 1.65. The molecule has 0 bridgehead atoms. The minimum absolute atomic E-state index is 0.0416. The van der Waals surface area contributed by atoms with Crippen molar-refractivity contribution in [2.45, 2.75) is 40.2 Å². The monoisotopic (exact) mass is 356 g/mol. The fraction of sp³-hybridized carbons (Fsp3) is 0.400. The first-order valence-corrected chi connectivity index (χ1v) is 9.52. The highest BCUT2D eigenvalue weighted by molar-refractivity contribution is 7.17. The Kier molecular flexibility index (Phi) is 5.35. The van der Waals surface area contributed by atoms with E-state index in [2.05, 4.69) is 44.4 Å². The predicted molar refractivity (Wildman–Crippen MR) is 105 cm³/mol. The highest BCUT2D eigenvalue weighted by Crippen LogP contribution is 2.32. The number of rotatable bonds is 6. The molecule has 0 aliphatic carbocycles. The lowest BCUT2D eigenvalue weighted by molar-refractivity contribution is 0.185. The zero-order valence-electron chi connectivity index (χ0n) is 15.3. The van der Waals surface area contributed by atoms with Gasteiger partial charge in [0, 0.05) is 24.5 Å². The highest BCUT2D eigenvalue weighted by Gasteiger charge is 2.17. The van der Waals surface area contributed by atoms with Crippen molar-refractivity contribution in [3.8, 4) is 11.1 Å². The summed E-state index contributed by atoms with van der Waals surface area (Å²) < 4.78 is 6.97. The Morgan fingerprint density at radius 1 is 1.24 bits per heavy atom. The van der Waals surface area contributed by atoms with Crippen molar-refractivity contribution >= 4 is 21.6 Å². The van der Waals surface area contributed by atoms with Crippen LogP contribution < -0.4 is 5.56 Å². The lowest BCUT2D eigenvalue weighted by Gasteiger charge is -2.12. The molecular formula is C20H24N2O2S. The van der Waals surface area contributed by atoms with E-state index in [-0.39, 0.29) is 5.56 Å². The fourth-order valence-electron chi connectivity index (χ4n) is 3.02. The summed E-state index contributed by atoms with van der Waals surface area (Å²) >= 11 is 1.55. The van der Waals surface area contributed by atoms with E-state index in [1.165, 1.54) is 11.1 Å². The molecule has 2 aromatic heterocycles. The standard InChI is InChI=1S/C20H24N2O2S/c1-5-6-17-21-19-18(20(23)22(17)9-10-24-4)16(12-25-19)15-8-7-13(2)14(3)11-15/h7-8,11-12H,5-6,9-10H2,1-4H3. The van der Waals surface area contributed by atoms with Crippen LogP contribution in [0.15, 0.2) is 28.4 Å². The molecule has 2 heterocycles. The summed E-state index contributed by atoms with van der Waals surface area (Å²) in [5.41, 5.74) is 4.58. The Hall–Kier alpha value is -1.98. The average Bonchev–Trinajstić information content (AvgIpc) is 3.01. The molecule has 0 aliphatic rings. The maximum Gasteiger partial charge on any atom is 0.262 e. The zero-order valence-corrected chi connectivity index (χ0v) is 16.1. The Labute approximate surface area is 152 Å². The number of hydrogen-bond acceptors (Lipinski definition) is 4. The molecule has 25 heavy (non-hydrogen) atoms. The van der Waals surface area contributed by atoms with Gasteiger partial charge in [0.05, 0.1) is 18.5 Å². The number of aromatic nitrogens is 2. The minimum Gasteiger partial charge on any atom is -0.383 e. The van der Waals surface area contributed by atoms with Gasteiger partial charge in [-0.25, -0.2) is 4.98 Å². The fourth-order valence-corrected chi connectivity index (χ4v) is 3.97. The number of hydrogen-bond donors (Lipinski definition) is 0. The van der Waals surface area contributed by atoms with E-state index in [0.717, 1.165) is 40.0 Å². The van der Waals surface area contributed by atoms with Crippen molar-refractivity contribution in [3.05, 3.63) is 50.9 Å². The summed E-state index contributed by atoms with van der Waals surface area (Å²) in [4.78, 5) is 18.8. The Bertz CT molecular complexity index is 956. The number of aryl methyl sites for hydroxylation is 3. The van der Waals surface area contributed by atoms with Gasteiger partial charge in [0.25, 0.3) is 5.56 Å². The van der Waals surface area contributed by atoms with Crippen LogP contribution in [0.5, 0.6) is 0 Å². The molecule has 132 valence electrons. The van der Waals surface area contributed by atoms with Gasteiger partial charge in [0.15, 0.2) is 0 Å². The lowest BCUT2D eigenvalue weighted by atomic mass is 10.0. The number of benzene rings is 1. The third-order valence-electron chi connectivity index (χ3n) is 4.58. The van der Waals surface area contributed by atoms with Gasteiger partial charge in [-0.1, -0.05) is 25.1 Å². The molecule has 0 saturated carbocycles. The number of methoxy groups -OCH3 is 1. The van der Waals surface area contributed by atoms with Gasteiger partial charge in [0.1, 0.15) is 10.7 Å². The number of thiophene rings is 1. The van der Waals surface area contributed by atoms with Crippen molar-refractivity contribution < 1.29 is 4.74 Å². The Balaban J connectivity index is 2.22. The molecule has 0 N–H and O–H groups in total. The van der Waals surface area contributed by atoms with Crippen LogP contribution in [0, 0.1) is 13.8 Å². The maximum absolute atomic E-state index is 13.2. The van der Waals surface area contributed by atoms with Gasteiger partial charge in [-0.15, -0.1) is 11.3 Å². The molecule has 0 aliphatic heterocycles. The summed E-state index contributed by atoms with van der Waals surface area (Å²) in [6.07, 6.45) is 1.76. The molecule has 0 spiro atoms. The quantitative estimate of drug-likeness (QED) is 0.660. The Morgan fingerprint density at radius 2 is 2.04 bits per heavy atom. The molecule has 5 heteroatoms. The summed E-state index contributed by atoms with van der Waals surface area (Å²) in [5, 5.41) is 2.78. The van der Waals surface area contributed by atoms with Crippen molar-refractivity contribution in [1.82, 2.24) is 9.55 Å². The van der Waals surface area contributed by atoms with E-state index < -0.39 is 0 Å². The topological polar surface area (TPSA) is 44.1 Å². The van der Waals surface area contributed by atoms with Crippen LogP contribution in [-0.2, 0) is 17.7 Å². The first kappa shape index (κ1) is 17.8. The molecular weight excluding hydrogens is 332 g/mol. The highest BCUT2D eigenvalue weighted by atomic mass is 32.1. The first-order chi connectivity index (χ1) is 12.1. The molecule has 4 nitrogen and oxygen atoms in total. The van der Waals surface area contributed by atoms with Crippen LogP contribution in [0.1, 0.15) is 30.3 Å². The molecule has 3 aromatic rings. The maximum atomic E-state index is 13.2. The Morgan fingerprint density at radius 3 is 2.72 bits per heavy atom. The van der Waals surface area contributed by atoms with E-state index in [1.807, 2.05) is 0 Å². The predicted octanol–water partition coefficient (Wildman–Crippen LogP) is 4.34. The van der Waals surface area contributed by atoms with Gasteiger partial charge >= 0.3 is 0 Å². The molecule has 0 saturated heterocycles. The van der Waals surface area contributed by atoms with Gasteiger partial charge in [0.2, 0.25) is 0 Å². The third kappa shape index (κ3) is 3.39. The molecule has 3 rings (SSSR count). The minimum atomic E-state index is 0.0416. The molecule has 1 aromatic carbocycles. The number of fused-ring (bicyclic) bond motifs is 1. The summed E-state index contributed by atoms with van der Waals surface area (Å²) in [6.45, 7) is 7.34. The van der Waals surface area contributed by atoms with Crippen molar-refractivity contribution in [1.29, 1.82) is 0 Å². The van der Waals surface area contributed by atoms with Crippen LogP contribution in [0.25, 0.3) is 21.3 Å². The number of ether oxygens (including phenoxy) is 1. The summed E-state index contributed by atoms with van der Waals surface area (Å²) in [5.74, 6) is 0.852. The van der Waals surface area contributed by atoms with E-state index >= 15 is 0 Å². The van der Waals surface area contributed by atoms with Crippen LogP contribution in [0.2, 0.25) is 0 Å². The molecule has 0 atom stereocenters. The first-order valence-electron chi connectivity index (χ1n) is 8.64. The van der Waals surface area contributed by atoms with E-state index in [4.69, 9.17) is 9.72 Å². The molecule has 0 fully saturated rings. The average molecular weight is 356 g/mol. The van der Waals surface area contributed by atoms with E-state index in [9.17, 15) is 4.79 Å². The number of nitrogens with zero attached hydrogens (tertiary/aromatic N) is 2. The van der Waals surface area contributed by atoms with Crippen LogP contribution in [-0.4, -0.2) is 23.3 Å². The molecule has 0 amide bonds. The van der Waals surface area contributed by atoms with E-state index in [1.54, 1.807) is 23.0 Å². The van der Waals surface area contributed by atoms with Crippen molar-refractivity contribution in [3.63, 3.8) is 0 Å². The van der Waals surface area contributed by atoms with Gasteiger partial charge in [-0.05, 0) is 37.0 Å². The second-order valence-corrected chi connectivity index (χ2v) is 7.21. The van der Waals surface area contributed by atoms with E-state index in [0.29, 0.717) is 13.2 Å². The van der Waals surface area contributed by atoms with Crippen molar-refractivity contribution in [2.75, 3.05) is 13.7 Å². The van der Waals surface area contributed by atoms with Crippen molar-refractivity contribution in [2.24, 2.45) is 0 Å². The van der Waals surface area contributed by atoms with Crippen LogP contribution in [0.4, 0.5) is 0 Å². The smallest absolute Gasteiger partial charge is 0.262 e. The van der Waals surface area contributed by atoms with Gasteiger partial charge < -0.3 is 4.74 Å². The third-order valence-corrected chi connectivity index (χ3v) is 5.46. The van der Waals surface area contributed by atoms with Crippen LogP contribution in [0.3, 0.4) is 0 Å². The zero-order chi connectivity index (χ0) is 18.0. The summed E-state index contributed by atoms with van der Waals surface area (Å²) in [6, 6.07) is 6.34. The molecule has 0 unspecified atom stereocenters. The lowest BCUT2D eigenvalue weighted by Crippen LogP contribution is -2.27. The second-order valence-electron chi connectivity index (χ2n) is 6.36. The van der Waals surface area contributed by atoms with Crippen LogP contribution >= 0.6 is 11.3 Å². The molecule has 0 radical (unpaired) electrons. The van der Waals surface area contributed by atoms with Gasteiger partial charge in [-0.2, -0.15) is 0 Å².